The molecule has 3 amide bonds. The van der Waals surface area contributed by atoms with Gasteiger partial charge in [0.25, 0.3) is 11.1 Å². The van der Waals surface area contributed by atoms with Crippen LogP contribution in [0.25, 0.3) is 0 Å². The second-order valence-electron chi connectivity index (χ2n) is 5.31. The normalized spacial score (nSPS) is 14.1. The summed E-state index contributed by atoms with van der Waals surface area (Å²) in [6.45, 7) is 0.221. The maximum atomic E-state index is 12.3. The van der Waals surface area contributed by atoms with Crippen molar-refractivity contribution in [2.75, 3.05) is 11.1 Å². The molecule has 0 atom stereocenters. The maximum absolute atomic E-state index is 12.3. The van der Waals surface area contributed by atoms with E-state index < -0.39 is 0 Å². The molecule has 0 bridgehead atoms. The third-order valence-electron chi connectivity index (χ3n) is 3.57. The van der Waals surface area contributed by atoms with Crippen LogP contribution in [-0.4, -0.2) is 27.7 Å². The van der Waals surface area contributed by atoms with Crippen molar-refractivity contribution >= 4 is 57.7 Å². The number of imide groups is 1. The van der Waals surface area contributed by atoms with Crippen LogP contribution in [0.3, 0.4) is 0 Å². The van der Waals surface area contributed by atoms with Crippen molar-refractivity contribution in [1.82, 2.24) is 4.90 Å². The highest BCUT2D eigenvalue weighted by atomic mass is 35.5. The van der Waals surface area contributed by atoms with Crippen LogP contribution in [0.5, 0.6) is 0 Å². The van der Waals surface area contributed by atoms with Gasteiger partial charge in [-0.3, -0.25) is 19.3 Å². The summed E-state index contributed by atoms with van der Waals surface area (Å²) in [5.41, 5.74) is 1.64. The van der Waals surface area contributed by atoms with Crippen LogP contribution >= 0.6 is 35.0 Å². The lowest BCUT2D eigenvalue weighted by atomic mass is 10.1. The number of anilines is 1. The van der Waals surface area contributed by atoms with Crippen LogP contribution in [0.1, 0.15) is 15.9 Å². The summed E-state index contributed by atoms with van der Waals surface area (Å²) in [6, 6.07) is 11.6. The fourth-order valence-electron chi connectivity index (χ4n) is 2.28. The van der Waals surface area contributed by atoms with Crippen molar-refractivity contribution < 1.29 is 14.4 Å². The first-order chi connectivity index (χ1) is 11.9. The molecular weight excluding hydrogens is 383 g/mol. The summed E-state index contributed by atoms with van der Waals surface area (Å²) in [5.74, 6) is -0.377. The lowest BCUT2D eigenvalue weighted by Crippen LogP contribution is -2.27. The first-order valence-corrected chi connectivity index (χ1v) is 9.00. The van der Waals surface area contributed by atoms with E-state index >= 15 is 0 Å². The summed E-state index contributed by atoms with van der Waals surface area (Å²) >= 11 is 12.9. The number of halogens is 2. The van der Waals surface area contributed by atoms with E-state index in [9.17, 15) is 14.4 Å². The number of nitrogens with one attached hydrogen (secondary N) is 1. The molecule has 1 N–H and O–H groups in total. The lowest BCUT2D eigenvalue weighted by molar-refractivity contribution is -0.125. The molecule has 8 heteroatoms. The average Bonchev–Trinajstić information content (AvgIpc) is 2.90. The summed E-state index contributed by atoms with van der Waals surface area (Å²) in [4.78, 5) is 36.7. The van der Waals surface area contributed by atoms with E-state index in [-0.39, 0.29) is 34.9 Å². The molecule has 0 radical (unpaired) electrons. The standard InChI is InChI=1S/C17H12Cl2N2O3S/c18-11-3-6-14(19)13(7-11)16(23)20-12-4-1-10(2-5-12)8-21-15(22)9-25-17(21)24/h1-7H,8-9H2,(H,20,23). The minimum absolute atomic E-state index is 0.188. The highest BCUT2D eigenvalue weighted by molar-refractivity contribution is 8.14. The molecule has 25 heavy (non-hydrogen) atoms. The van der Waals surface area contributed by atoms with E-state index in [0.717, 1.165) is 17.3 Å². The van der Waals surface area contributed by atoms with E-state index in [1.807, 2.05) is 0 Å². The highest BCUT2D eigenvalue weighted by Crippen LogP contribution is 2.23. The maximum Gasteiger partial charge on any atom is 0.289 e. The first-order valence-electron chi connectivity index (χ1n) is 7.26. The van der Waals surface area contributed by atoms with Crippen LogP contribution in [0, 0.1) is 0 Å². The van der Waals surface area contributed by atoms with Gasteiger partial charge >= 0.3 is 0 Å². The topological polar surface area (TPSA) is 66.5 Å². The Kier molecular flexibility index (Phi) is 5.32. The molecule has 1 aliphatic rings. The van der Waals surface area contributed by atoms with E-state index in [1.54, 1.807) is 36.4 Å². The van der Waals surface area contributed by atoms with Gasteiger partial charge in [0, 0.05) is 10.7 Å². The molecule has 3 rings (SSSR count). The Morgan fingerprint density at radius 2 is 1.84 bits per heavy atom. The molecular formula is C17H12Cl2N2O3S. The smallest absolute Gasteiger partial charge is 0.289 e. The zero-order chi connectivity index (χ0) is 18.0. The first kappa shape index (κ1) is 17.8. The van der Waals surface area contributed by atoms with E-state index in [4.69, 9.17) is 23.2 Å². The fourth-order valence-corrected chi connectivity index (χ4v) is 3.38. The number of amides is 3. The molecule has 0 saturated carbocycles. The Morgan fingerprint density at radius 3 is 2.48 bits per heavy atom. The monoisotopic (exact) mass is 394 g/mol. The van der Waals surface area contributed by atoms with Crippen LogP contribution in [0.2, 0.25) is 10.0 Å². The molecule has 1 aliphatic heterocycles. The lowest BCUT2D eigenvalue weighted by Gasteiger charge is -2.13. The van der Waals surface area contributed by atoms with Crippen LogP contribution in [-0.2, 0) is 11.3 Å². The van der Waals surface area contributed by atoms with Gasteiger partial charge in [0.2, 0.25) is 5.91 Å². The van der Waals surface area contributed by atoms with Crippen molar-refractivity contribution in [3.63, 3.8) is 0 Å². The molecule has 0 aliphatic carbocycles. The van der Waals surface area contributed by atoms with Gasteiger partial charge in [-0.1, -0.05) is 47.1 Å². The zero-order valence-electron chi connectivity index (χ0n) is 12.8. The van der Waals surface area contributed by atoms with Gasteiger partial charge < -0.3 is 5.32 Å². The predicted molar refractivity (Wildman–Crippen MR) is 99.3 cm³/mol. The van der Waals surface area contributed by atoms with Gasteiger partial charge in [0.15, 0.2) is 0 Å². The minimum Gasteiger partial charge on any atom is -0.322 e. The van der Waals surface area contributed by atoms with Gasteiger partial charge in [-0.25, -0.2) is 0 Å². The molecule has 2 aromatic carbocycles. The van der Waals surface area contributed by atoms with E-state index in [0.29, 0.717) is 15.7 Å². The number of nitrogens with zero attached hydrogens (tertiary/aromatic N) is 1. The van der Waals surface area contributed by atoms with Crippen molar-refractivity contribution in [3.8, 4) is 0 Å². The fraction of sp³-hybridized carbons (Fsp3) is 0.118. The van der Waals surface area contributed by atoms with Crippen molar-refractivity contribution in [1.29, 1.82) is 0 Å². The minimum atomic E-state index is -0.374. The van der Waals surface area contributed by atoms with E-state index in [2.05, 4.69) is 5.32 Å². The molecule has 1 heterocycles. The summed E-state index contributed by atoms with van der Waals surface area (Å²) in [6.07, 6.45) is 0. The van der Waals surface area contributed by atoms with Crippen LogP contribution in [0.4, 0.5) is 10.5 Å². The van der Waals surface area contributed by atoms with Crippen LogP contribution in [0.15, 0.2) is 42.5 Å². The molecule has 2 aromatic rings. The van der Waals surface area contributed by atoms with Crippen molar-refractivity contribution in [3.05, 3.63) is 63.6 Å². The zero-order valence-corrected chi connectivity index (χ0v) is 15.1. The Balaban J connectivity index is 1.68. The largest absolute Gasteiger partial charge is 0.322 e. The Labute approximate surface area is 158 Å². The van der Waals surface area contributed by atoms with Gasteiger partial charge in [0.05, 0.1) is 22.9 Å². The van der Waals surface area contributed by atoms with Gasteiger partial charge in [0.1, 0.15) is 0 Å². The summed E-state index contributed by atoms with van der Waals surface area (Å²) < 4.78 is 0. The van der Waals surface area contributed by atoms with Gasteiger partial charge in [-0.05, 0) is 35.9 Å². The predicted octanol–water partition coefficient (Wildman–Crippen LogP) is 4.44. The van der Waals surface area contributed by atoms with Crippen LogP contribution < -0.4 is 5.32 Å². The Bertz CT molecular complexity index is 839. The van der Waals surface area contributed by atoms with Crippen molar-refractivity contribution in [2.24, 2.45) is 0 Å². The number of benzene rings is 2. The molecule has 1 saturated heterocycles. The summed E-state index contributed by atoms with van der Waals surface area (Å²) in [7, 11) is 0. The number of thioether (sulfide) groups is 1. The molecule has 1 fully saturated rings. The Morgan fingerprint density at radius 1 is 1.12 bits per heavy atom. The quantitative estimate of drug-likeness (QED) is 0.831. The Hall–Kier alpha value is -2.02. The molecule has 0 aromatic heterocycles. The SMILES string of the molecule is O=C(Nc1ccc(CN2C(=O)CSC2=O)cc1)c1cc(Cl)ccc1Cl. The average molecular weight is 395 g/mol. The van der Waals surface area contributed by atoms with Gasteiger partial charge in [-0.2, -0.15) is 0 Å². The number of carbonyl (C=O) groups is 3. The van der Waals surface area contributed by atoms with E-state index in [1.165, 1.54) is 11.0 Å². The number of hydrogen-bond donors (Lipinski definition) is 1. The second-order valence-corrected chi connectivity index (χ2v) is 7.08. The summed E-state index contributed by atoms with van der Waals surface area (Å²) in [5, 5.41) is 3.22. The molecule has 5 nitrogen and oxygen atoms in total. The molecule has 128 valence electrons. The third kappa shape index (κ3) is 4.15. The van der Waals surface area contributed by atoms with Crippen molar-refractivity contribution in [2.45, 2.75) is 6.54 Å². The number of rotatable bonds is 4. The number of hydrogen-bond acceptors (Lipinski definition) is 4. The second kappa shape index (κ2) is 7.47. The third-order valence-corrected chi connectivity index (χ3v) is 4.99. The molecule has 0 unspecified atom stereocenters. The molecule has 0 spiro atoms. The number of carbonyl (C=O) groups excluding carboxylic acids is 3. The van der Waals surface area contributed by atoms with Gasteiger partial charge in [-0.15, -0.1) is 0 Å². The highest BCUT2D eigenvalue weighted by Gasteiger charge is 2.29.